The van der Waals surface area contributed by atoms with Gasteiger partial charge in [0.25, 0.3) is 5.56 Å². The topological polar surface area (TPSA) is 45.8 Å². The summed E-state index contributed by atoms with van der Waals surface area (Å²) < 4.78 is 0. The number of hydrogen-bond acceptors (Lipinski definition) is 2. The minimum atomic E-state index is -0.0287. The van der Waals surface area contributed by atoms with Crippen LogP contribution in [0.2, 0.25) is 0 Å². The molecule has 3 heteroatoms. The number of nitrogens with zero attached hydrogens (tertiary/aromatic N) is 1. The van der Waals surface area contributed by atoms with Crippen molar-refractivity contribution in [2.24, 2.45) is 0 Å². The zero-order valence-electron chi connectivity index (χ0n) is 12.0. The molecule has 20 heavy (non-hydrogen) atoms. The summed E-state index contributed by atoms with van der Waals surface area (Å²) in [5.41, 5.74) is 4.01. The number of H-pyrrole nitrogens is 1. The van der Waals surface area contributed by atoms with Crippen molar-refractivity contribution in [3.63, 3.8) is 0 Å². The Balaban J connectivity index is 2.09. The van der Waals surface area contributed by atoms with Gasteiger partial charge in [0.15, 0.2) is 0 Å². The lowest BCUT2D eigenvalue weighted by Gasteiger charge is -2.26. The molecule has 1 N–H and O–H groups in total. The molecule has 1 fully saturated rings. The molecule has 1 aliphatic carbocycles. The van der Waals surface area contributed by atoms with Crippen LogP contribution in [-0.2, 0) is 0 Å². The lowest BCUT2D eigenvalue weighted by Crippen LogP contribution is -2.16. The lowest BCUT2D eigenvalue weighted by molar-refractivity contribution is 0.420. The summed E-state index contributed by atoms with van der Waals surface area (Å²) in [6.07, 6.45) is 5.39. The second-order valence-electron chi connectivity index (χ2n) is 5.90. The van der Waals surface area contributed by atoms with Crippen molar-refractivity contribution < 1.29 is 0 Å². The highest BCUT2D eigenvalue weighted by Crippen LogP contribution is 2.37. The van der Waals surface area contributed by atoms with Crippen LogP contribution in [0.3, 0.4) is 0 Å². The van der Waals surface area contributed by atoms with E-state index in [1.807, 2.05) is 13.8 Å². The van der Waals surface area contributed by atoms with E-state index < -0.39 is 0 Å². The fourth-order valence-electron chi connectivity index (χ4n) is 2.86. The average Bonchev–Trinajstić information content (AvgIpc) is 2.36. The van der Waals surface area contributed by atoms with Gasteiger partial charge in [-0.1, -0.05) is 38.5 Å². The molecule has 3 nitrogen and oxygen atoms in total. The average molecular weight is 268 g/mol. The van der Waals surface area contributed by atoms with Gasteiger partial charge < -0.3 is 4.98 Å². The van der Waals surface area contributed by atoms with Gasteiger partial charge in [-0.05, 0) is 36.3 Å². The Morgan fingerprint density at radius 3 is 2.75 bits per heavy atom. The summed E-state index contributed by atoms with van der Waals surface area (Å²) in [6, 6.07) is 8.53. The Morgan fingerprint density at radius 2 is 2.10 bits per heavy atom. The molecule has 1 saturated carbocycles. The molecule has 1 heterocycles. The molecule has 0 saturated heterocycles. The van der Waals surface area contributed by atoms with Gasteiger partial charge in [-0.3, -0.25) is 4.79 Å². The first kappa shape index (κ1) is 13.1. The molecule has 1 aromatic carbocycles. The Bertz CT molecular complexity index is 669. The minimum absolute atomic E-state index is 0.0287. The van der Waals surface area contributed by atoms with Gasteiger partial charge in [0.2, 0.25) is 0 Å². The highest BCUT2D eigenvalue weighted by molar-refractivity contribution is 5.64. The van der Waals surface area contributed by atoms with E-state index in [-0.39, 0.29) is 11.5 Å². The maximum absolute atomic E-state index is 12.0. The number of benzene rings is 1. The van der Waals surface area contributed by atoms with Crippen molar-refractivity contribution in [1.82, 2.24) is 9.97 Å². The summed E-state index contributed by atoms with van der Waals surface area (Å²) in [7, 11) is 0. The van der Waals surface area contributed by atoms with Crippen LogP contribution < -0.4 is 5.56 Å². The van der Waals surface area contributed by atoms with Gasteiger partial charge in [0.05, 0.1) is 12.0 Å². The standard InChI is InChI=1S/C17H20N2O/c1-11(2)15-16(18-10-19-17(15)20)14-8-4-7-13(9-14)12-5-3-6-12/h4,7-12H,3,5-6H2,1-2H3,(H,18,19,20). The van der Waals surface area contributed by atoms with Crippen LogP contribution in [0.4, 0.5) is 0 Å². The number of hydrogen-bond donors (Lipinski definition) is 1. The zero-order valence-corrected chi connectivity index (χ0v) is 12.0. The SMILES string of the molecule is CC(C)c1c(-c2cccc(C3CCC3)c2)nc[nH]c1=O. The van der Waals surface area contributed by atoms with Crippen molar-refractivity contribution in [3.8, 4) is 11.3 Å². The molecule has 0 aliphatic heterocycles. The molecular formula is C17H20N2O. The van der Waals surface area contributed by atoms with Crippen molar-refractivity contribution in [2.75, 3.05) is 0 Å². The van der Waals surface area contributed by atoms with Gasteiger partial charge in [-0.25, -0.2) is 4.98 Å². The largest absolute Gasteiger partial charge is 0.313 e. The number of rotatable bonds is 3. The predicted molar refractivity (Wildman–Crippen MR) is 81.0 cm³/mol. The summed E-state index contributed by atoms with van der Waals surface area (Å²) in [6.45, 7) is 4.07. The summed E-state index contributed by atoms with van der Waals surface area (Å²) in [5, 5.41) is 0. The smallest absolute Gasteiger partial charge is 0.254 e. The molecule has 1 aromatic heterocycles. The Hall–Kier alpha value is -1.90. The Morgan fingerprint density at radius 1 is 1.30 bits per heavy atom. The van der Waals surface area contributed by atoms with Gasteiger partial charge in [0, 0.05) is 11.1 Å². The third kappa shape index (κ3) is 2.28. The first-order valence-corrected chi connectivity index (χ1v) is 7.34. The van der Waals surface area contributed by atoms with Crippen LogP contribution >= 0.6 is 0 Å². The Kier molecular flexibility index (Phi) is 3.43. The van der Waals surface area contributed by atoms with Crippen LogP contribution in [0.25, 0.3) is 11.3 Å². The Labute approximate surface area is 119 Å². The van der Waals surface area contributed by atoms with Gasteiger partial charge in [-0.2, -0.15) is 0 Å². The molecule has 0 amide bonds. The highest BCUT2D eigenvalue weighted by atomic mass is 16.1. The second-order valence-corrected chi connectivity index (χ2v) is 5.90. The molecule has 2 aromatic rings. The molecule has 0 unspecified atom stereocenters. The van der Waals surface area contributed by atoms with E-state index >= 15 is 0 Å². The molecule has 1 aliphatic rings. The summed E-state index contributed by atoms with van der Waals surface area (Å²) in [4.78, 5) is 19.1. The zero-order chi connectivity index (χ0) is 14.1. The normalized spacial score (nSPS) is 15.3. The van der Waals surface area contributed by atoms with Crippen LogP contribution in [0.15, 0.2) is 35.4 Å². The summed E-state index contributed by atoms with van der Waals surface area (Å²) in [5.74, 6) is 0.856. The van der Waals surface area contributed by atoms with E-state index in [1.54, 1.807) is 0 Å². The van der Waals surface area contributed by atoms with Gasteiger partial charge in [-0.15, -0.1) is 0 Å². The fourth-order valence-corrected chi connectivity index (χ4v) is 2.86. The van der Waals surface area contributed by atoms with E-state index in [4.69, 9.17) is 0 Å². The third-order valence-electron chi connectivity index (χ3n) is 4.20. The third-order valence-corrected chi connectivity index (χ3v) is 4.20. The molecule has 3 rings (SSSR count). The van der Waals surface area contributed by atoms with Crippen LogP contribution in [0.5, 0.6) is 0 Å². The van der Waals surface area contributed by atoms with E-state index in [0.29, 0.717) is 5.92 Å². The van der Waals surface area contributed by atoms with Crippen LogP contribution in [0.1, 0.15) is 56.1 Å². The van der Waals surface area contributed by atoms with E-state index in [9.17, 15) is 4.79 Å². The van der Waals surface area contributed by atoms with E-state index in [0.717, 1.165) is 16.8 Å². The van der Waals surface area contributed by atoms with Crippen molar-refractivity contribution in [3.05, 3.63) is 52.1 Å². The van der Waals surface area contributed by atoms with Crippen molar-refractivity contribution in [1.29, 1.82) is 0 Å². The first-order valence-electron chi connectivity index (χ1n) is 7.34. The summed E-state index contributed by atoms with van der Waals surface area (Å²) >= 11 is 0. The second kappa shape index (κ2) is 5.23. The van der Waals surface area contributed by atoms with Crippen molar-refractivity contribution >= 4 is 0 Å². The van der Waals surface area contributed by atoms with Crippen molar-refractivity contribution in [2.45, 2.75) is 44.9 Å². The monoisotopic (exact) mass is 268 g/mol. The highest BCUT2D eigenvalue weighted by Gasteiger charge is 2.20. The van der Waals surface area contributed by atoms with Gasteiger partial charge >= 0.3 is 0 Å². The van der Waals surface area contributed by atoms with Crippen LogP contribution in [-0.4, -0.2) is 9.97 Å². The molecular weight excluding hydrogens is 248 g/mol. The minimum Gasteiger partial charge on any atom is -0.313 e. The molecule has 0 bridgehead atoms. The fraction of sp³-hybridized carbons (Fsp3) is 0.412. The molecule has 104 valence electrons. The first-order chi connectivity index (χ1) is 9.66. The van der Waals surface area contributed by atoms with E-state index in [2.05, 4.69) is 34.2 Å². The van der Waals surface area contributed by atoms with E-state index in [1.165, 1.54) is 31.2 Å². The quantitative estimate of drug-likeness (QED) is 0.919. The molecule has 0 radical (unpaired) electrons. The van der Waals surface area contributed by atoms with Crippen LogP contribution in [0, 0.1) is 0 Å². The van der Waals surface area contributed by atoms with Gasteiger partial charge in [0.1, 0.15) is 0 Å². The number of aromatic amines is 1. The molecule has 0 atom stereocenters. The number of nitrogens with one attached hydrogen (secondary N) is 1. The number of aromatic nitrogens is 2. The maximum atomic E-state index is 12.0. The maximum Gasteiger partial charge on any atom is 0.254 e. The predicted octanol–water partition coefficient (Wildman–Crippen LogP) is 3.83. The molecule has 0 spiro atoms. The lowest BCUT2D eigenvalue weighted by atomic mass is 9.79.